The van der Waals surface area contributed by atoms with E-state index < -0.39 is 20.3 Å². The van der Waals surface area contributed by atoms with Crippen molar-refractivity contribution in [3.8, 4) is 0 Å². The first kappa shape index (κ1) is 11.2. The fraction of sp³-hybridized carbons (Fsp3) is 0.500. The third kappa shape index (κ3) is 1.69. The van der Waals surface area contributed by atoms with Gasteiger partial charge in [0, 0.05) is 0 Å². The second-order valence-corrected chi connectivity index (χ2v) is 3.03. The lowest BCUT2D eigenvalue weighted by Crippen LogP contribution is -2.51. The average molecular weight is 306 g/mol. The van der Waals surface area contributed by atoms with E-state index in [9.17, 15) is 20.2 Å². The Morgan fingerprint density at radius 3 is 1.83 bits per heavy atom. The van der Waals surface area contributed by atoms with Gasteiger partial charge in [0.2, 0.25) is 0 Å². The van der Waals surface area contributed by atoms with Crippen LogP contribution in [0.25, 0.3) is 0 Å². The maximum atomic E-state index is 10.2. The van der Waals surface area contributed by atoms with Gasteiger partial charge in [-0.2, -0.15) is 4.02 Å². The molecular formula is C2H2Br2N4O4. The van der Waals surface area contributed by atoms with E-state index in [1.165, 1.54) is 0 Å². The molecule has 8 nitrogen and oxygen atoms in total. The highest BCUT2D eigenvalue weighted by molar-refractivity contribution is 9.10. The molecule has 68 valence electrons. The van der Waals surface area contributed by atoms with E-state index in [2.05, 4.69) is 36.1 Å². The maximum Gasteiger partial charge on any atom is 0.568 e. The lowest BCUT2D eigenvalue weighted by atomic mass is 10.5. The number of rotatable bonds is 3. The first-order chi connectivity index (χ1) is 5.37. The van der Waals surface area contributed by atoms with Crippen molar-refractivity contribution in [3.05, 3.63) is 20.2 Å². The van der Waals surface area contributed by atoms with Crippen molar-refractivity contribution >= 4 is 37.9 Å². The Hall–Kier alpha value is -0.770. The number of hydrogen-bond donors (Lipinski definition) is 1. The molecule has 0 unspecified atom stereocenters. The molecule has 0 saturated carbocycles. The van der Waals surface area contributed by atoms with Crippen molar-refractivity contribution < 1.29 is 9.85 Å². The van der Waals surface area contributed by atoms with Crippen LogP contribution in [-0.2, 0) is 0 Å². The summed E-state index contributed by atoms with van der Waals surface area (Å²) in [5.74, 6) is -0.794. The summed E-state index contributed by atoms with van der Waals surface area (Å²) >= 11 is 4.67. The number of nitrogens with zero attached hydrogens (tertiary/aromatic N) is 3. The molecule has 0 aromatic carbocycles. The van der Waals surface area contributed by atoms with E-state index in [1.54, 1.807) is 0 Å². The minimum atomic E-state index is -2.75. The maximum absolute atomic E-state index is 10.2. The highest BCUT2D eigenvalue weighted by Gasteiger charge is 2.58. The molecule has 0 saturated heterocycles. The van der Waals surface area contributed by atoms with Gasteiger partial charge < -0.3 is 5.73 Å². The van der Waals surface area contributed by atoms with Gasteiger partial charge in [-0.25, -0.2) is 0 Å². The standard InChI is InChI=1S/C2H2Br2N4O4/c3-2(7(9)10,8(11)12)1(5)6-4/h(H2,5,6). The van der Waals surface area contributed by atoms with Crippen molar-refractivity contribution in [2.75, 3.05) is 0 Å². The first-order valence-electron chi connectivity index (χ1n) is 2.30. The molecule has 0 rings (SSSR count). The van der Waals surface area contributed by atoms with E-state index in [0.29, 0.717) is 0 Å². The molecule has 0 atom stereocenters. The first-order valence-corrected chi connectivity index (χ1v) is 3.80. The number of hydrogen-bond acceptors (Lipinski definition) is 5. The molecule has 2 N–H and O–H groups in total. The van der Waals surface area contributed by atoms with Crippen LogP contribution < -0.4 is 5.73 Å². The fourth-order valence-electron chi connectivity index (χ4n) is 0.307. The normalized spacial score (nSPS) is 12.7. The minimum absolute atomic E-state index is 0.794. The van der Waals surface area contributed by atoms with E-state index in [-0.39, 0.29) is 0 Å². The molecule has 12 heavy (non-hydrogen) atoms. The zero-order valence-corrected chi connectivity index (χ0v) is 8.48. The van der Waals surface area contributed by atoms with Gasteiger partial charge >= 0.3 is 4.57 Å². The number of halogens is 2. The topological polar surface area (TPSA) is 125 Å². The van der Waals surface area contributed by atoms with Crippen LogP contribution in [0.5, 0.6) is 0 Å². The average Bonchev–Trinajstić information content (AvgIpc) is 2.00. The molecule has 0 radical (unpaired) electrons. The Labute approximate surface area is 82.6 Å². The Bertz CT molecular complexity index is 237. The van der Waals surface area contributed by atoms with Gasteiger partial charge in [0.05, 0.1) is 16.1 Å². The molecule has 0 heterocycles. The van der Waals surface area contributed by atoms with Gasteiger partial charge in [-0.1, -0.05) is 0 Å². The summed E-state index contributed by atoms with van der Waals surface area (Å²) in [6, 6.07) is 0. The molecule has 0 fully saturated rings. The van der Waals surface area contributed by atoms with Crippen LogP contribution in [0.4, 0.5) is 0 Å². The number of alkyl halides is 1. The van der Waals surface area contributed by atoms with Crippen molar-refractivity contribution in [1.82, 2.24) is 0 Å². The molecule has 0 aromatic rings. The summed E-state index contributed by atoms with van der Waals surface area (Å²) in [5.41, 5.74) is 4.93. The van der Waals surface area contributed by atoms with Gasteiger partial charge in [0.1, 0.15) is 25.8 Å². The molecule has 0 spiro atoms. The molecule has 0 bridgehead atoms. The summed E-state index contributed by atoms with van der Waals surface area (Å²) in [4.78, 5) is 18.0. The van der Waals surface area contributed by atoms with Gasteiger partial charge in [0.15, 0.2) is 0 Å². The zero-order valence-electron chi connectivity index (χ0n) is 5.31. The Morgan fingerprint density at radius 2 is 1.75 bits per heavy atom. The quantitative estimate of drug-likeness (QED) is 0.152. The van der Waals surface area contributed by atoms with Gasteiger partial charge in [-0.05, 0) is 0 Å². The molecule has 10 heteroatoms. The summed E-state index contributed by atoms with van der Waals surface area (Å²) in [6.07, 6.45) is 0. The Kier molecular flexibility index (Phi) is 3.52. The highest BCUT2D eigenvalue weighted by Crippen LogP contribution is 2.20. The highest BCUT2D eigenvalue weighted by atomic mass is 79.9. The summed E-state index contributed by atoms with van der Waals surface area (Å²) in [6.45, 7) is 0. The third-order valence-corrected chi connectivity index (χ3v) is 2.27. The predicted octanol–water partition coefficient (Wildman–Crippen LogP) is 0.256. The van der Waals surface area contributed by atoms with E-state index in [1.807, 2.05) is 0 Å². The predicted molar refractivity (Wildman–Crippen MR) is 46.2 cm³/mol. The number of nitro groups is 2. The monoisotopic (exact) mass is 304 g/mol. The largest absolute Gasteiger partial charge is 0.568 e. The molecule has 0 amide bonds. The fourth-order valence-corrected chi connectivity index (χ4v) is 0.881. The summed E-state index contributed by atoms with van der Waals surface area (Å²) in [7, 11) is 0. The van der Waals surface area contributed by atoms with Crippen molar-refractivity contribution in [3.63, 3.8) is 0 Å². The van der Waals surface area contributed by atoms with Crippen molar-refractivity contribution in [1.29, 1.82) is 0 Å². The van der Waals surface area contributed by atoms with E-state index in [4.69, 9.17) is 5.73 Å². The Balaban J connectivity index is 5.16. The SMILES string of the molecule is N/C(=N\Br)C(Br)([N+](=O)[O-])[N+](=O)[O-]. The minimum Gasteiger partial charge on any atom is -0.373 e. The molecule has 0 aromatic heterocycles. The lowest BCUT2D eigenvalue weighted by Gasteiger charge is -2.07. The van der Waals surface area contributed by atoms with E-state index >= 15 is 0 Å². The van der Waals surface area contributed by atoms with Gasteiger partial charge in [0.25, 0.3) is 5.84 Å². The van der Waals surface area contributed by atoms with Crippen LogP contribution in [0.3, 0.4) is 0 Å². The van der Waals surface area contributed by atoms with Crippen molar-refractivity contribution in [2.24, 2.45) is 9.75 Å². The molecule has 0 aliphatic carbocycles. The van der Waals surface area contributed by atoms with Crippen molar-refractivity contribution in [2.45, 2.75) is 4.57 Å². The van der Waals surface area contributed by atoms with Gasteiger partial charge in [-0.3, -0.25) is 20.2 Å². The van der Waals surface area contributed by atoms with Crippen LogP contribution in [0, 0.1) is 20.2 Å². The van der Waals surface area contributed by atoms with E-state index in [0.717, 1.165) is 0 Å². The molecular weight excluding hydrogens is 304 g/mol. The summed E-state index contributed by atoms with van der Waals surface area (Å²) in [5, 5.41) is 20.4. The van der Waals surface area contributed by atoms with Gasteiger partial charge in [-0.15, -0.1) is 0 Å². The lowest BCUT2D eigenvalue weighted by molar-refractivity contribution is -0.735. The smallest absolute Gasteiger partial charge is 0.373 e. The van der Waals surface area contributed by atoms with Crippen LogP contribution in [0.2, 0.25) is 0 Å². The Morgan fingerprint density at radius 1 is 1.42 bits per heavy atom. The van der Waals surface area contributed by atoms with Crippen LogP contribution in [-0.4, -0.2) is 20.3 Å². The summed E-state index contributed by atoms with van der Waals surface area (Å²) < 4.78 is 0.226. The van der Waals surface area contributed by atoms with Crippen LogP contribution in [0.1, 0.15) is 0 Å². The second-order valence-electron chi connectivity index (χ2n) is 1.57. The molecule has 0 aliphatic heterocycles. The molecule has 0 aliphatic rings. The van der Waals surface area contributed by atoms with Crippen LogP contribution >= 0.6 is 32.1 Å². The second kappa shape index (κ2) is 3.76. The number of nitrogens with two attached hydrogens (primary N) is 1. The zero-order chi connectivity index (χ0) is 9.94. The van der Waals surface area contributed by atoms with Crippen LogP contribution in [0.15, 0.2) is 4.02 Å². The third-order valence-electron chi connectivity index (χ3n) is 0.901. The number of amidine groups is 1.